The number of hydrogen-bond acceptors (Lipinski definition) is 3. The van der Waals surface area contributed by atoms with E-state index in [-0.39, 0.29) is 12.1 Å². The van der Waals surface area contributed by atoms with Crippen LogP contribution in [0.3, 0.4) is 0 Å². The number of nitrogens with two attached hydrogens (primary N) is 1. The van der Waals surface area contributed by atoms with E-state index in [0.717, 1.165) is 0 Å². The highest BCUT2D eigenvalue weighted by molar-refractivity contribution is 5.78. The minimum Gasteiger partial charge on any atom is -0.388 e. The lowest BCUT2D eigenvalue weighted by atomic mass is 10.2. The Kier molecular flexibility index (Phi) is 3.50. The van der Waals surface area contributed by atoms with Crippen molar-refractivity contribution in [3.8, 4) is 0 Å². The first kappa shape index (κ1) is 10.3. The Hall–Kier alpha value is -0.810. The number of hydrogen-bond donors (Lipinski definition) is 3. The molecular weight excluding hydrogens is 170 g/mol. The van der Waals surface area contributed by atoms with E-state index >= 15 is 0 Å². The van der Waals surface area contributed by atoms with E-state index in [1.807, 2.05) is 13.8 Å². The highest BCUT2D eigenvalue weighted by atomic mass is 16.5. The van der Waals surface area contributed by atoms with Crippen LogP contribution in [0, 0.1) is 0 Å². The molecule has 0 saturated carbocycles. The topological polar surface area (TPSA) is 79.9 Å². The third kappa shape index (κ3) is 3.20. The zero-order valence-electron chi connectivity index (χ0n) is 8.03. The third-order valence-electron chi connectivity index (χ3n) is 1.76. The first-order chi connectivity index (χ1) is 6.09. The summed E-state index contributed by atoms with van der Waals surface area (Å²) in [5.41, 5.74) is 5.59. The Morgan fingerprint density at radius 1 is 1.62 bits per heavy atom. The second-order valence-corrected chi connectivity index (χ2v) is 3.49. The molecule has 1 aliphatic rings. The van der Waals surface area contributed by atoms with Crippen LogP contribution in [0.1, 0.15) is 13.8 Å². The van der Waals surface area contributed by atoms with Crippen LogP contribution in [-0.2, 0) is 4.74 Å². The van der Waals surface area contributed by atoms with Gasteiger partial charge in [0.1, 0.15) is 12.1 Å². The Labute approximate surface area is 78.0 Å². The molecule has 1 saturated heterocycles. The highest BCUT2D eigenvalue weighted by Gasteiger charge is 2.25. The van der Waals surface area contributed by atoms with E-state index in [1.165, 1.54) is 0 Å². The van der Waals surface area contributed by atoms with Gasteiger partial charge in [-0.3, -0.25) is 0 Å². The molecule has 1 fully saturated rings. The van der Waals surface area contributed by atoms with E-state index in [2.05, 4.69) is 10.3 Å². The smallest absolute Gasteiger partial charge is 0.189 e. The van der Waals surface area contributed by atoms with Crippen molar-refractivity contribution in [3.63, 3.8) is 0 Å². The summed E-state index contributed by atoms with van der Waals surface area (Å²) in [6.45, 7) is 4.75. The van der Waals surface area contributed by atoms with Crippen LogP contribution >= 0.6 is 0 Å². The third-order valence-corrected chi connectivity index (χ3v) is 1.76. The van der Waals surface area contributed by atoms with Crippen molar-refractivity contribution in [2.24, 2.45) is 10.7 Å². The molecule has 0 bridgehead atoms. The van der Waals surface area contributed by atoms with E-state index in [1.54, 1.807) is 0 Å². The summed E-state index contributed by atoms with van der Waals surface area (Å²) in [7, 11) is 0. The molecule has 5 nitrogen and oxygen atoms in total. The van der Waals surface area contributed by atoms with E-state index in [9.17, 15) is 5.11 Å². The molecule has 1 aliphatic heterocycles. The standard InChI is InChI=1S/C8H17N3O2/c1-5(2)10-8(9)11-6-3-13-4-7(6)12/h5-7,12H,3-4H2,1-2H3,(H3,9,10,11). The molecule has 5 heteroatoms. The second-order valence-electron chi connectivity index (χ2n) is 3.49. The molecular formula is C8H17N3O2. The van der Waals surface area contributed by atoms with Crippen molar-refractivity contribution < 1.29 is 9.84 Å². The fourth-order valence-electron chi connectivity index (χ4n) is 1.17. The van der Waals surface area contributed by atoms with Crippen LogP contribution in [0.5, 0.6) is 0 Å². The van der Waals surface area contributed by atoms with Crippen LogP contribution in [0.4, 0.5) is 0 Å². The highest BCUT2D eigenvalue weighted by Crippen LogP contribution is 2.08. The van der Waals surface area contributed by atoms with Gasteiger partial charge in [-0.05, 0) is 13.8 Å². The maximum atomic E-state index is 9.36. The lowest BCUT2D eigenvalue weighted by Gasteiger charge is -2.12. The molecule has 2 atom stereocenters. The van der Waals surface area contributed by atoms with Gasteiger partial charge in [0.25, 0.3) is 0 Å². The quantitative estimate of drug-likeness (QED) is 0.385. The van der Waals surface area contributed by atoms with E-state index < -0.39 is 6.10 Å². The maximum absolute atomic E-state index is 9.36. The summed E-state index contributed by atoms with van der Waals surface area (Å²) in [5.74, 6) is 0.365. The summed E-state index contributed by atoms with van der Waals surface area (Å²) in [4.78, 5) is 4.11. The van der Waals surface area contributed by atoms with E-state index in [4.69, 9.17) is 10.5 Å². The van der Waals surface area contributed by atoms with Crippen LogP contribution in [-0.4, -0.2) is 42.5 Å². The monoisotopic (exact) mass is 187 g/mol. The number of nitrogens with zero attached hydrogens (tertiary/aromatic N) is 1. The first-order valence-corrected chi connectivity index (χ1v) is 4.45. The number of ether oxygens (including phenoxy) is 1. The fourth-order valence-corrected chi connectivity index (χ4v) is 1.17. The van der Waals surface area contributed by atoms with Gasteiger partial charge in [0.2, 0.25) is 0 Å². The first-order valence-electron chi connectivity index (χ1n) is 4.45. The molecule has 0 aromatic rings. The van der Waals surface area contributed by atoms with Crippen molar-refractivity contribution >= 4 is 5.96 Å². The number of aliphatic hydroxyl groups is 1. The normalized spacial score (nSPS) is 29.7. The summed E-state index contributed by atoms with van der Waals surface area (Å²) in [6, 6.07) is 0.0365. The van der Waals surface area contributed by atoms with Crippen LogP contribution < -0.4 is 11.1 Å². The van der Waals surface area contributed by atoms with Crippen molar-refractivity contribution in [1.82, 2.24) is 5.32 Å². The molecule has 0 amide bonds. The average Bonchev–Trinajstić information content (AvgIpc) is 2.34. The van der Waals surface area contributed by atoms with Crippen molar-refractivity contribution in [3.05, 3.63) is 0 Å². The van der Waals surface area contributed by atoms with Gasteiger partial charge in [-0.25, -0.2) is 4.99 Å². The Bertz CT molecular complexity index is 194. The number of aliphatic imine (C=N–C) groups is 1. The predicted octanol–water partition coefficient (Wildman–Crippen LogP) is -0.941. The minimum absolute atomic E-state index is 0.216. The SMILES string of the molecule is CC(C)NC(N)=NC1COCC1O. The minimum atomic E-state index is -0.521. The molecule has 0 radical (unpaired) electrons. The lowest BCUT2D eigenvalue weighted by Crippen LogP contribution is -2.39. The summed E-state index contributed by atoms with van der Waals surface area (Å²) < 4.78 is 5.03. The Morgan fingerprint density at radius 2 is 2.31 bits per heavy atom. The summed E-state index contributed by atoms with van der Waals surface area (Å²) in [6.07, 6.45) is -0.521. The van der Waals surface area contributed by atoms with Crippen molar-refractivity contribution in [1.29, 1.82) is 0 Å². The molecule has 0 aliphatic carbocycles. The number of nitrogens with one attached hydrogen (secondary N) is 1. The van der Waals surface area contributed by atoms with Crippen LogP contribution in [0.15, 0.2) is 4.99 Å². The largest absolute Gasteiger partial charge is 0.388 e. The summed E-state index contributed by atoms with van der Waals surface area (Å²) in [5, 5.41) is 12.3. The fraction of sp³-hybridized carbons (Fsp3) is 0.875. The molecule has 0 spiro atoms. The maximum Gasteiger partial charge on any atom is 0.189 e. The van der Waals surface area contributed by atoms with Crippen LogP contribution in [0.2, 0.25) is 0 Å². The Morgan fingerprint density at radius 3 is 2.77 bits per heavy atom. The molecule has 1 heterocycles. The number of guanidine groups is 1. The molecule has 13 heavy (non-hydrogen) atoms. The van der Waals surface area contributed by atoms with Crippen LogP contribution in [0.25, 0.3) is 0 Å². The van der Waals surface area contributed by atoms with Gasteiger partial charge in [0, 0.05) is 6.04 Å². The zero-order valence-corrected chi connectivity index (χ0v) is 8.03. The molecule has 4 N–H and O–H groups in total. The van der Waals surface area contributed by atoms with Gasteiger partial charge in [-0.1, -0.05) is 0 Å². The predicted molar refractivity (Wildman–Crippen MR) is 50.5 cm³/mol. The van der Waals surface area contributed by atoms with Gasteiger partial charge in [-0.2, -0.15) is 0 Å². The van der Waals surface area contributed by atoms with Gasteiger partial charge < -0.3 is 20.9 Å². The van der Waals surface area contributed by atoms with Crippen molar-refractivity contribution in [2.75, 3.05) is 13.2 Å². The van der Waals surface area contributed by atoms with Crippen molar-refractivity contribution in [2.45, 2.75) is 32.0 Å². The lowest BCUT2D eigenvalue weighted by molar-refractivity contribution is 0.125. The number of rotatable bonds is 2. The molecule has 76 valence electrons. The molecule has 1 rings (SSSR count). The van der Waals surface area contributed by atoms with Gasteiger partial charge in [-0.15, -0.1) is 0 Å². The Balaban J connectivity index is 2.44. The van der Waals surface area contributed by atoms with Gasteiger partial charge >= 0.3 is 0 Å². The summed E-state index contributed by atoms with van der Waals surface area (Å²) >= 11 is 0. The molecule has 0 aromatic carbocycles. The average molecular weight is 187 g/mol. The zero-order chi connectivity index (χ0) is 9.84. The second kappa shape index (κ2) is 4.43. The molecule has 2 unspecified atom stereocenters. The van der Waals surface area contributed by atoms with E-state index in [0.29, 0.717) is 19.2 Å². The molecule has 0 aromatic heterocycles. The van der Waals surface area contributed by atoms with Gasteiger partial charge in [0.15, 0.2) is 5.96 Å². The van der Waals surface area contributed by atoms with Gasteiger partial charge in [0.05, 0.1) is 13.2 Å². The number of aliphatic hydroxyl groups excluding tert-OH is 1.